The van der Waals surface area contributed by atoms with Gasteiger partial charge in [0.15, 0.2) is 5.69 Å². The molecule has 1 aromatic heterocycles. The first-order valence-corrected chi connectivity index (χ1v) is 5.90. The Labute approximate surface area is 111 Å². The Hall–Kier alpha value is -1.37. The van der Waals surface area contributed by atoms with E-state index in [0.29, 0.717) is 12.4 Å². The van der Waals surface area contributed by atoms with Crippen molar-refractivity contribution in [2.24, 2.45) is 5.41 Å². The minimum absolute atomic E-state index is 0.0200. The van der Waals surface area contributed by atoms with E-state index in [4.69, 9.17) is 0 Å². The van der Waals surface area contributed by atoms with Gasteiger partial charge in [-0.25, -0.2) is 0 Å². The molecular weight excluding hydrogens is 257 g/mol. The summed E-state index contributed by atoms with van der Waals surface area (Å²) in [7, 11) is 3.94. The maximum Gasteiger partial charge on any atom is 0.435 e. The molecule has 0 unspecified atom stereocenters. The molecule has 4 nitrogen and oxygen atoms in total. The van der Waals surface area contributed by atoms with Crippen LogP contribution < -0.4 is 5.32 Å². The number of alkyl halides is 3. The van der Waals surface area contributed by atoms with Gasteiger partial charge in [0.25, 0.3) is 0 Å². The first kappa shape index (κ1) is 15.7. The van der Waals surface area contributed by atoms with Gasteiger partial charge < -0.3 is 10.2 Å². The van der Waals surface area contributed by atoms with E-state index in [2.05, 4.69) is 34.3 Å². The topological polar surface area (TPSA) is 41.0 Å². The van der Waals surface area contributed by atoms with Crippen LogP contribution in [0.4, 0.5) is 19.0 Å². The molecule has 0 aromatic carbocycles. The summed E-state index contributed by atoms with van der Waals surface area (Å²) in [5.74, 6) is 0.347. The van der Waals surface area contributed by atoms with Gasteiger partial charge in [-0.05, 0) is 31.6 Å². The largest absolute Gasteiger partial charge is 0.435 e. The highest BCUT2D eigenvalue weighted by molar-refractivity contribution is 5.33. The fraction of sp³-hybridized carbons (Fsp3) is 0.667. The highest BCUT2D eigenvalue weighted by Gasteiger charge is 2.32. The van der Waals surface area contributed by atoms with E-state index < -0.39 is 11.9 Å². The van der Waals surface area contributed by atoms with E-state index in [9.17, 15) is 13.2 Å². The Kier molecular flexibility index (Phi) is 4.73. The third kappa shape index (κ3) is 5.42. The van der Waals surface area contributed by atoms with Gasteiger partial charge in [-0.3, -0.25) is 0 Å². The normalized spacial score (nSPS) is 12.8. The van der Waals surface area contributed by atoms with Crippen molar-refractivity contribution in [2.75, 3.05) is 32.5 Å². The Bertz CT molecular complexity index is 398. The number of hydrogen-bond donors (Lipinski definition) is 1. The molecule has 7 heteroatoms. The van der Waals surface area contributed by atoms with Gasteiger partial charge >= 0.3 is 6.18 Å². The van der Waals surface area contributed by atoms with Gasteiger partial charge in [0.2, 0.25) is 0 Å². The zero-order valence-electron chi connectivity index (χ0n) is 11.5. The third-order valence-electron chi connectivity index (χ3n) is 2.45. The summed E-state index contributed by atoms with van der Waals surface area (Å²) >= 11 is 0. The van der Waals surface area contributed by atoms with Gasteiger partial charge in [0, 0.05) is 13.1 Å². The smallest absolute Gasteiger partial charge is 0.368 e. The molecule has 0 radical (unpaired) electrons. The molecule has 1 heterocycles. The molecule has 0 amide bonds. The summed E-state index contributed by atoms with van der Waals surface area (Å²) in [6.07, 6.45) is -4.45. The van der Waals surface area contributed by atoms with E-state index in [1.54, 1.807) is 0 Å². The third-order valence-corrected chi connectivity index (χ3v) is 2.45. The van der Waals surface area contributed by atoms with Crippen molar-refractivity contribution in [1.29, 1.82) is 0 Å². The molecule has 1 aromatic rings. The quantitative estimate of drug-likeness (QED) is 0.897. The maximum absolute atomic E-state index is 12.3. The second-order valence-electron chi connectivity index (χ2n) is 5.56. The van der Waals surface area contributed by atoms with Gasteiger partial charge in [-0.15, -0.1) is 10.2 Å². The van der Waals surface area contributed by atoms with Crippen molar-refractivity contribution in [3.63, 3.8) is 0 Å². The van der Waals surface area contributed by atoms with Crippen LogP contribution in [-0.2, 0) is 6.18 Å². The van der Waals surface area contributed by atoms with Crippen molar-refractivity contribution in [3.05, 3.63) is 17.8 Å². The first-order chi connectivity index (χ1) is 8.60. The Morgan fingerprint density at radius 3 is 2.21 bits per heavy atom. The molecule has 0 saturated carbocycles. The highest BCUT2D eigenvalue weighted by Crippen LogP contribution is 2.27. The van der Waals surface area contributed by atoms with Crippen LogP contribution in [0.1, 0.15) is 19.5 Å². The Morgan fingerprint density at radius 2 is 1.79 bits per heavy atom. The van der Waals surface area contributed by atoms with Crippen molar-refractivity contribution in [2.45, 2.75) is 20.0 Å². The van der Waals surface area contributed by atoms with E-state index in [0.717, 1.165) is 12.6 Å². The maximum atomic E-state index is 12.3. The Morgan fingerprint density at radius 1 is 1.16 bits per heavy atom. The second-order valence-corrected chi connectivity index (χ2v) is 5.56. The molecule has 0 atom stereocenters. The summed E-state index contributed by atoms with van der Waals surface area (Å²) < 4.78 is 36.9. The SMILES string of the molecule is CN(C)CC(C)(C)CNc1ccc(C(F)(F)F)nn1. The molecule has 0 saturated heterocycles. The van der Waals surface area contributed by atoms with Crippen molar-refractivity contribution in [1.82, 2.24) is 15.1 Å². The van der Waals surface area contributed by atoms with Crippen LogP contribution in [-0.4, -0.2) is 42.3 Å². The lowest BCUT2D eigenvalue weighted by atomic mass is 9.93. The summed E-state index contributed by atoms with van der Waals surface area (Å²) in [5, 5.41) is 9.70. The second kappa shape index (κ2) is 5.73. The number of rotatable bonds is 5. The molecule has 108 valence electrons. The Balaban J connectivity index is 2.59. The zero-order valence-corrected chi connectivity index (χ0v) is 11.5. The number of aromatic nitrogens is 2. The van der Waals surface area contributed by atoms with Crippen LogP contribution in [0.25, 0.3) is 0 Å². The molecule has 0 aliphatic rings. The van der Waals surface area contributed by atoms with E-state index in [1.807, 2.05) is 14.1 Å². The summed E-state index contributed by atoms with van der Waals surface area (Å²) in [6, 6.07) is 2.22. The molecule has 0 fully saturated rings. The lowest BCUT2D eigenvalue weighted by Gasteiger charge is -2.28. The van der Waals surface area contributed by atoms with E-state index in [1.165, 1.54) is 6.07 Å². The first-order valence-electron chi connectivity index (χ1n) is 5.90. The number of nitrogens with one attached hydrogen (secondary N) is 1. The molecule has 0 spiro atoms. The molecule has 1 rings (SSSR count). The van der Waals surface area contributed by atoms with Gasteiger partial charge in [0.1, 0.15) is 5.82 Å². The predicted molar refractivity (Wildman–Crippen MR) is 67.9 cm³/mol. The molecule has 0 bridgehead atoms. The van der Waals surface area contributed by atoms with Crippen LogP contribution in [0.2, 0.25) is 0 Å². The standard InChI is InChI=1S/C12H19F3N4/c1-11(2,8-19(3)4)7-16-10-6-5-9(17-18-10)12(13,14)15/h5-6H,7-8H2,1-4H3,(H,16,18). The summed E-state index contributed by atoms with van der Waals surface area (Å²) in [4.78, 5) is 2.06. The number of halogens is 3. The van der Waals surface area contributed by atoms with Crippen LogP contribution in [0, 0.1) is 5.41 Å². The van der Waals surface area contributed by atoms with Crippen LogP contribution in [0.3, 0.4) is 0 Å². The van der Waals surface area contributed by atoms with Crippen molar-refractivity contribution in [3.8, 4) is 0 Å². The lowest BCUT2D eigenvalue weighted by Crippen LogP contribution is -2.34. The number of hydrogen-bond acceptors (Lipinski definition) is 4. The van der Waals surface area contributed by atoms with Gasteiger partial charge in [0.05, 0.1) is 0 Å². The summed E-state index contributed by atoms with van der Waals surface area (Å²) in [6.45, 7) is 5.59. The van der Waals surface area contributed by atoms with E-state index >= 15 is 0 Å². The van der Waals surface area contributed by atoms with Crippen molar-refractivity contribution >= 4 is 5.82 Å². The fourth-order valence-electron chi connectivity index (χ4n) is 1.82. The minimum Gasteiger partial charge on any atom is -0.368 e. The van der Waals surface area contributed by atoms with Gasteiger partial charge in [-0.1, -0.05) is 13.8 Å². The van der Waals surface area contributed by atoms with Crippen LogP contribution >= 0.6 is 0 Å². The monoisotopic (exact) mass is 276 g/mol. The molecular formula is C12H19F3N4. The average Bonchev–Trinajstić information content (AvgIpc) is 2.24. The van der Waals surface area contributed by atoms with Crippen molar-refractivity contribution < 1.29 is 13.2 Å². The fourth-order valence-corrected chi connectivity index (χ4v) is 1.82. The van der Waals surface area contributed by atoms with Gasteiger partial charge in [-0.2, -0.15) is 13.2 Å². The number of nitrogens with zero attached hydrogens (tertiary/aromatic N) is 3. The van der Waals surface area contributed by atoms with Crippen LogP contribution in [0.5, 0.6) is 0 Å². The highest BCUT2D eigenvalue weighted by atomic mass is 19.4. The molecule has 0 aliphatic carbocycles. The van der Waals surface area contributed by atoms with Crippen LogP contribution in [0.15, 0.2) is 12.1 Å². The predicted octanol–water partition coefficient (Wildman–Crippen LogP) is 2.50. The molecule has 1 N–H and O–H groups in total. The molecule has 19 heavy (non-hydrogen) atoms. The lowest BCUT2D eigenvalue weighted by molar-refractivity contribution is -0.141. The molecule has 0 aliphatic heterocycles. The average molecular weight is 276 g/mol. The minimum atomic E-state index is -4.45. The zero-order chi connectivity index (χ0) is 14.7. The summed E-state index contributed by atoms with van der Waals surface area (Å²) in [5.41, 5.74) is -1.00. The van der Waals surface area contributed by atoms with E-state index in [-0.39, 0.29) is 5.41 Å². The number of anilines is 1.